The number of phosphoric ester groups is 1. The van der Waals surface area contributed by atoms with Gasteiger partial charge in [0.2, 0.25) is 0 Å². The summed E-state index contributed by atoms with van der Waals surface area (Å²) in [5, 5.41) is 8.39. The van der Waals surface area contributed by atoms with Crippen LogP contribution >= 0.6 is 32.6 Å². The first-order valence-electron chi connectivity index (χ1n) is 3.41. The van der Waals surface area contributed by atoms with E-state index in [0.29, 0.717) is 0 Å². The van der Waals surface area contributed by atoms with Gasteiger partial charge in [-0.2, -0.15) is 4.62 Å². The van der Waals surface area contributed by atoms with E-state index < -0.39 is 12.9 Å². The zero-order valence-corrected chi connectivity index (χ0v) is 10.1. The smallest absolute Gasteiger partial charge is 0.406 e. The van der Waals surface area contributed by atoms with Crippen LogP contribution in [0, 0.1) is 10.1 Å². The van der Waals surface area contributed by atoms with Crippen LogP contribution < -0.4 is 4.52 Å². The van der Waals surface area contributed by atoms with E-state index >= 15 is 0 Å². The van der Waals surface area contributed by atoms with Gasteiger partial charge in [0.1, 0.15) is 5.75 Å². The van der Waals surface area contributed by atoms with Crippen LogP contribution in [0.3, 0.4) is 0 Å². The average Bonchev–Trinajstić information content (AvgIpc) is 2.02. The molecule has 10 heteroatoms. The molecular weight excluding hydrogens is 284 g/mol. The molecule has 0 heterocycles. The van der Waals surface area contributed by atoms with Gasteiger partial charge in [-0.15, -0.1) is 34.9 Å². The van der Waals surface area contributed by atoms with E-state index in [-0.39, 0.29) is 30.6 Å². The van der Waals surface area contributed by atoms with Crippen LogP contribution in [0.4, 0.5) is 0 Å². The quantitative estimate of drug-likeness (QED) is 0.519. The molecule has 0 aliphatic heterocycles. The van der Waals surface area contributed by atoms with E-state index in [4.69, 9.17) is 4.89 Å². The monoisotopic (exact) mass is 291 g/mol. The molecule has 0 aliphatic carbocycles. The van der Waals surface area contributed by atoms with Gasteiger partial charge in [0.25, 0.3) is 0 Å². The number of nitrogens with zero attached hydrogens (tertiary/aromatic N) is 1. The molecule has 92 valence electrons. The molecule has 1 atom stereocenters. The molecule has 0 saturated heterocycles. The van der Waals surface area contributed by atoms with Crippen molar-refractivity contribution in [1.29, 1.82) is 0 Å². The van der Waals surface area contributed by atoms with Gasteiger partial charge in [0.05, 0.1) is 0 Å². The van der Waals surface area contributed by atoms with Crippen molar-refractivity contribution in [2.24, 2.45) is 0 Å². The first-order chi connectivity index (χ1) is 6.49. The van der Waals surface area contributed by atoms with Gasteiger partial charge < -0.3 is 4.52 Å². The molecule has 0 fully saturated rings. The van der Waals surface area contributed by atoms with E-state index in [1.54, 1.807) is 18.2 Å². The average molecular weight is 292 g/mol. The molecular formula is C6H8Cl2NO6P. The van der Waals surface area contributed by atoms with E-state index in [9.17, 15) is 14.7 Å². The molecule has 1 aromatic rings. The highest BCUT2D eigenvalue weighted by Gasteiger charge is 2.26. The Labute approximate surface area is 103 Å². The first kappa shape index (κ1) is 17.4. The van der Waals surface area contributed by atoms with Crippen LogP contribution in [0.5, 0.6) is 5.75 Å². The fraction of sp³-hybridized carbons (Fsp3) is 0. The lowest BCUT2D eigenvalue weighted by Crippen LogP contribution is -2.02. The fourth-order valence-electron chi connectivity index (χ4n) is 0.715. The SMILES string of the molecule is Cl.Cl.O=[N+]([O-])OP(=O)(O)Oc1ccccc1. The normalized spacial score (nSPS) is 12.3. The van der Waals surface area contributed by atoms with Crippen molar-refractivity contribution in [2.75, 3.05) is 0 Å². The van der Waals surface area contributed by atoms with E-state index in [1.807, 2.05) is 0 Å². The Kier molecular flexibility index (Phi) is 7.93. The highest BCUT2D eigenvalue weighted by atomic mass is 35.5. The highest BCUT2D eigenvalue weighted by molar-refractivity contribution is 7.47. The van der Waals surface area contributed by atoms with Crippen LogP contribution in [-0.2, 0) is 9.19 Å². The molecule has 0 bridgehead atoms. The van der Waals surface area contributed by atoms with Crippen molar-refractivity contribution in [3.05, 3.63) is 40.4 Å². The Morgan fingerprint density at radius 1 is 1.25 bits per heavy atom. The molecule has 0 saturated carbocycles. The summed E-state index contributed by atoms with van der Waals surface area (Å²) < 4.78 is 18.7. The van der Waals surface area contributed by atoms with Crippen LogP contribution in [0.2, 0.25) is 0 Å². The molecule has 1 rings (SSSR count). The Morgan fingerprint density at radius 3 is 2.19 bits per heavy atom. The molecule has 0 amide bonds. The number of hydrogen-bond donors (Lipinski definition) is 1. The lowest BCUT2D eigenvalue weighted by molar-refractivity contribution is -0.717. The second-order valence-corrected chi connectivity index (χ2v) is 3.46. The standard InChI is InChI=1S/C6H6NO6P.2ClH/c8-7(9)13-14(10,11)12-6-4-2-1-3-5-6;;/h1-5H,(H,10,11);2*1H. The number of benzene rings is 1. The number of hydrogen-bond acceptors (Lipinski definition) is 5. The van der Waals surface area contributed by atoms with Gasteiger partial charge in [0.15, 0.2) is 0 Å². The third-order valence-corrected chi connectivity index (χ3v) is 1.92. The van der Waals surface area contributed by atoms with Crippen LogP contribution in [0.25, 0.3) is 0 Å². The Bertz CT molecular complexity index is 375. The minimum Gasteiger partial charge on any atom is -0.406 e. The third-order valence-electron chi connectivity index (χ3n) is 1.13. The van der Waals surface area contributed by atoms with E-state index in [2.05, 4.69) is 9.15 Å². The number of phosphoric acid groups is 1. The minimum absolute atomic E-state index is 0. The molecule has 1 unspecified atom stereocenters. The molecule has 0 radical (unpaired) electrons. The van der Waals surface area contributed by atoms with Gasteiger partial charge in [-0.25, -0.2) is 4.57 Å². The highest BCUT2D eigenvalue weighted by Crippen LogP contribution is 2.43. The summed E-state index contributed by atoms with van der Waals surface area (Å²) in [6, 6.07) is 7.48. The molecule has 1 aromatic carbocycles. The Balaban J connectivity index is 0. The van der Waals surface area contributed by atoms with Crippen molar-refractivity contribution in [2.45, 2.75) is 0 Å². The summed E-state index contributed by atoms with van der Waals surface area (Å²) in [5.41, 5.74) is 0. The second-order valence-electron chi connectivity index (χ2n) is 2.18. The lowest BCUT2D eigenvalue weighted by Gasteiger charge is -2.09. The van der Waals surface area contributed by atoms with Crippen LogP contribution in [0.15, 0.2) is 30.3 Å². The molecule has 0 aromatic heterocycles. The number of para-hydroxylation sites is 1. The molecule has 0 aliphatic rings. The lowest BCUT2D eigenvalue weighted by atomic mass is 10.3. The van der Waals surface area contributed by atoms with Crippen molar-refractivity contribution in [3.63, 3.8) is 0 Å². The Hall–Kier alpha value is -1.01. The van der Waals surface area contributed by atoms with Crippen molar-refractivity contribution < 1.29 is 23.7 Å². The topological polar surface area (TPSA) is 98.9 Å². The van der Waals surface area contributed by atoms with Gasteiger partial charge in [-0.1, -0.05) is 18.2 Å². The maximum Gasteiger partial charge on any atom is 0.557 e. The zero-order chi connectivity index (χ0) is 10.6. The first-order valence-corrected chi connectivity index (χ1v) is 4.91. The minimum atomic E-state index is -4.67. The predicted molar refractivity (Wildman–Crippen MR) is 59.5 cm³/mol. The summed E-state index contributed by atoms with van der Waals surface area (Å²) in [7, 11) is -4.67. The van der Waals surface area contributed by atoms with Gasteiger partial charge in [0, 0.05) is 0 Å². The second kappa shape index (κ2) is 7.29. The van der Waals surface area contributed by atoms with Gasteiger partial charge >= 0.3 is 12.9 Å². The zero-order valence-electron chi connectivity index (χ0n) is 7.59. The van der Waals surface area contributed by atoms with Gasteiger partial charge in [-0.05, 0) is 12.1 Å². The molecule has 7 nitrogen and oxygen atoms in total. The maximum absolute atomic E-state index is 10.9. The maximum atomic E-state index is 10.9. The summed E-state index contributed by atoms with van der Waals surface area (Å²) in [6.45, 7) is 0. The molecule has 1 N–H and O–H groups in total. The summed E-state index contributed by atoms with van der Waals surface area (Å²) >= 11 is 0. The Morgan fingerprint density at radius 2 is 1.75 bits per heavy atom. The summed E-state index contributed by atoms with van der Waals surface area (Å²) in [5.74, 6) is 0.0141. The molecule has 16 heavy (non-hydrogen) atoms. The van der Waals surface area contributed by atoms with Crippen molar-refractivity contribution in [3.8, 4) is 5.75 Å². The third kappa shape index (κ3) is 6.47. The molecule has 0 spiro atoms. The predicted octanol–water partition coefficient (Wildman–Crippen LogP) is 2.22. The number of halogens is 2. The largest absolute Gasteiger partial charge is 0.557 e. The van der Waals surface area contributed by atoms with Crippen molar-refractivity contribution in [1.82, 2.24) is 0 Å². The summed E-state index contributed by atoms with van der Waals surface area (Å²) in [4.78, 5) is 18.6. The van der Waals surface area contributed by atoms with Crippen LogP contribution in [0.1, 0.15) is 0 Å². The van der Waals surface area contributed by atoms with Gasteiger partial charge in [-0.3, -0.25) is 4.89 Å². The fourth-order valence-corrected chi connectivity index (χ4v) is 1.31. The van der Waals surface area contributed by atoms with Crippen LogP contribution in [-0.4, -0.2) is 9.98 Å². The van der Waals surface area contributed by atoms with E-state index in [0.717, 1.165) is 0 Å². The van der Waals surface area contributed by atoms with Crippen molar-refractivity contribution >= 4 is 32.6 Å². The number of rotatable bonds is 4. The summed E-state index contributed by atoms with van der Waals surface area (Å²) in [6.07, 6.45) is 0. The van der Waals surface area contributed by atoms with E-state index in [1.165, 1.54) is 12.1 Å².